The Morgan fingerprint density at radius 2 is 1.94 bits per heavy atom. The maximum atomic E-state index is 12.3. The molecule has 0 aromatic carbocycles. The molecule has 1 aliphatic carbocycles. The highest BCUT2D eigenvalue weighted by molar-refractivity contribution is 7.95. The Balaban J connectivity index is 0.00000480. The standard InChI is InChI=1S/C21H35ClNO6S.HI/c1-13(2)8-9-16-20(4,29-16)18-17(27-5)15(28-19(25)23(22)14(3)24)10-11-21(18,26)12-30(6)7;/h8,15-18,26H,9-12H2,1-7H3;1H/q+1;/p-1. The minimum atomic E-state index is -1.01. The molecule has 180 valence electrons. The van der Waals surface area contributed by atoms with E-state index in [-0.39, 0.29) is 41.0 Å². The highest BCUT2D eigenvalue weighted by Gasteiger charge is 2.68. The fourth-order valence-corrected chi connectivity index (χ4v) is 6.01. The lowest BCUT2D eigenvalue weighted by molar-refractivity contribution is -0.171. The van der Waals surface area contributed by atoms with Crippen LogP contribution in [0.15, 0.2) is 11.6 Å². The van der Waals surface area contributed by atoms with Crippen LogP contribution >= 0.6 is 11.8 Å². The van der Waals surface area contributed by atoms with Gasteiger partial charge < -0.3 is 43.3 Å². The van der Waals surface area contributed by atoms with Crippen molar-refractivity contribution in [3.05, 3.63) is 11.6 Å². The Morgan fingerprint density at radius 3 is 2.42 bits per heavy atom. The normalized spacial score (nSPS) is 34.5. The van der Waals surface area contributed by atoms with Crippen molar-refractivity contribution in [2.45, 2.75) is 76.5 Å². The lowest BCUT2D eigenvalue weighted by Gasteiger charge is -2.48. The molecule has 1 N–H and O–H groups in total. The third-order valence-corrected chi connectivity index (χ3v) is 7.42. The fourth-order valence-electron chi connectivity index (χ4n) is 4.64. The molecule has 10 heteroatoms. The van der Waals surface area contributed by atoms with Gasteiger partial charge in [0.05, 0.1) is 24.5 Å². The van der Waals surface area contributed by atoms with Crippen LogP contribution in [0, 0.1) is 5.92 Å². The van der Waals surface area contributed by atoms with Gasteiger partial charge in [0.25, 0.3) is 0 Å². The number of rotatable bonds is 7. The van der Waals surface area contributed by atoms with E-state index in [1.165, 1.54) is 12.5 Å². The van der Waals surface area contributed by atoms with Crippen LogP contribution in [0.5, 0.6) is 0 Å². The zero-order chi connectivity index (χ0) is 22.9. The first kappa shape index (κ1) is 29.0. The van der Waals surface area contributed by atoms with Crippen LogP contribution in [0.25, 0.3) is 0 Å². The van der Waals surface area contributed by atoms with Crippen molar-refractivity contribution < 1.29 is 52.9 Å². The number of hydrogen-bond donors (Lipinski definition) is 1. The van der Waals surface area contributed by atoms with Crippen LogP contribution in [0.4, 0.5) is 4.79 Å². The van der Waals surface area contributed by atoms with E-state index in [9.17, 15) is 14.7 Å². The first-order chi connectivity index (χ1) is 13.9. The lowest BCUT2D eigenvalue weighted by atomic mass is 9.66. The highest BCUT2D eigenvalue weighted by atomic mass is 127. The van der Waals surface area contributed by atoms with Gasteiger partial charge in [0.1, 0.15) is 29.2 Å². The van der Waals surface area contributed by atoms with Crippen LogP contribution in [0.1, 0.15) is 47.0 Å². The Morgan fingerprint density at radius 1 is 1.32 bits per heavy atom. The van der Waals surface area contributed by atoms with Gasteiger partial charge in [0.15, 0.2) is 0 Å². The molecule has 1 saturated carbocycles. The number of nitrogens with zero attached hydrogens (tertiary/aromatic N) is 1. The van der Waals surface area contributed by atoms with Crippen molar-refractivity contribution in [3.63, 3.8) is 0 Å². The number of amides is 2. The van der Waals surface area contributed by atoms with E-state index in [1.807, 2.05) is 20.8 Å². The molecule has 6 atom stereocenters. The molecule has 7 nitrogen and oxygen atoms in total. The van der Waals surface area contributed by atoms with Crippen molar-refractivity contribution >= 4 is 34.7 Å². The van der Waals surface area contributed by atoms with Crippen LogP contribution < -0.4 is 24.0 Å². The van der Waals surface area contributed by atoms with E-state index in [0.29, 0.717) is 23.0 Å². The minimum absolute atomic E-state index is 0. The van der Waals surface area contributed by atoms with Crippen molar-refractivity contribution in [1.29, 1.82) is 0 Å². The lowest BCUT2D eigenvalue weighted by Crippen LogP contribution is -3.00. The molecule has 2 amide bonds. The SMILES string of the molecule is COC1C(OC(=O)N(Cl)C(C)=O)CCC(O)(C[S+](C)C)C1C1(C)OC1CC=C(C)C.[I-]. The summed E-state index contributed by atoms with van der Waals surface area (Å²) in [5, 5.41) is 11.7. The van der Waals surface area contributed by atoms with Crippen molar-refractivity contribution in [2.75, 3.05) is 25.4 Å². The summed E-state index contributed by atoms with van der Waals surface area (Å²) in [4.78, 5) is 23.7. The molecule has 0 spiro atoms. The molecule has 2 aliphatic rings. The second-order valence-electron chi connectivity index (χ2n) is 8.98. The van der Waals surface area contributed by atoms with Gasteiger partial charge >= 0.3 is 6.09 Å². The molecular weight excluding hydrogens is 557 g/mol. The van der Waals surface area contributed by atoms with Crippen LogP contribution in [0.3, 0.4) is 0 Å². The summed E-state index contributed by atoms with van der Waals surface area (Å²) in [6.07, 6.45) is 5.69. The Bertz CT molecular complexity index is 691. The first-order valence-corrected chi connectivity index (χ1v) is 12.7. The van der Waals surface area contributed by atoms with E-state index in [4.69, 9.17) is 26.0 Å². The van der Waals surface area contributed by atoms with Crippen LogP contribution in [0.2, 0.25) is 0 Å². The molecule has 31 heavy (non-hydrogen) atoms. The van der Waals surface area contributed by atoms with E-state index in [1.54, 1.807) is 7.11 Å². The largest absolute Gasteiger partial charge is 1.00 e. The van der Waals surface area contributed by atoms with E-state index < -0.39 is 41.3 Å². The van der Waals surface area contributed by atoms with E-state index in [0.717, 1.165) is 6.42 Å². The van der Waals surface area contributed by atoms with E-state index in [2.05, 4.69) is 18.6 Å². The minimum Gasteiger partial charge on any atom is -1.00 e. The van der Waals surface area contributed by atoms with Crippen LogP contribution in [-0.2, 0) is 29.9 Å². The third kappa shape index (κ3) is 6.72. The maximum absolute atomic E-state index is 12.3. The summed E-state index contributed by atoms with van der Waals surface area (Å²) >= 11 is 5.72. The number of aliphatic hydroxyl groups is 1. The number of carbonyl (C=O) groups excluding carboxylic acids is 2. The Labute approximate surface area is 210 Å². The molecule has 1 aliphatic heterocycles. The van der Waals surface area contributed by atoms with Gasteiger partial charge in [-0.05, 0) is 50.9 Å². The predicted octanol–water partition coefficient (Wildman–Crippen LogP) is 0.0457. The topological polar surface area (TPSA) is 88.6 Å². The first-order valence-electron chi connectivity index (χ1n) is 10.1. The second kappa shape index (κ2) is 11.4. The monoisotopic (exact) mass is 591 g/mol. The number of imide groups is 1. The van der Waals surface area contributed by atoms with Gasteiger partial charge in [0, 0.05) is 25.8 Å². The molecule has 0 aromatic rings. The number of hydrogen-bond acceptors (Lipinski definition) is 6. The van der Waals surface area contributed by atoms with Gasteiger partial charge in [-0.1, -0.05) is 11.6 Å². The number of ether oxygens (including phenoxy) is 3. The maximum Gasteiger partial charge on any atom is 0.432 e. The quantitative estimate of drug-likeness (QED) is 0.148. The fraction of sp³-hybridized carbons (Fsp3) is 0.810. The molecular formula is C21H35ClINO6S. The van der Waals surface area contributed by atoms with Crippen molar-refractivity contribution in [3.8, 4) is 0 Å². The number of halogens is 2. The number of allylic oxidation sites excluding steroid dienone is 1. The van der Waals surface area contributed by atoms with Gasteiger partial charge in [0.2, 0.25) is 5.91 Å². The second-order valence-corrected chi connectivity index (χ2v) is 11.6. The predicted molar refractivity (Wildman–Crippen MR) is 119 cm³/mol. The smallest absolute Gasteiger partial charge is 0.432 e. The Hall–Kier alpha value is -0.0700. The average Bonchev–Trinajstić information content (AvgIpc) is 3.30. The number of methoxy groups -OCH3 is 1. The van der Waals surface area contributed by atoms with Gasteiger partial charge in [-0.3, -0.25) is 4.79 Å². The average molecular weight is 592 g/mol. The molecule has 0 bridgehead atoms. The summed E-state index contributed by atoms with van der Waals surface area (Å²) in [5.74, 6) is -0.408. The Kier molecular flexibility index (Phi) is 10.6. The molecule has 2 fully saturated rings. The van der Waals surface area contributed by atoms with Gasteiger partial charge in [-0.25, -0.2) is 4.79 Å². The summed E-state index contributed by atoms with van der Waals surface area (Å²) in [6.45, 7) is 7.25. The molecule has 6 unspecified atom stereocenters. The van der Waals surface area contributed by atoms with Gasteiger partial charge in [-0.15, -0.1) is 0 Å². The highest BCUT2D eigenvalue weighted by Crippen LogP contribution is 2.55. The summed E-state index contributed by atoms with van der Waals surface area (Å²) < 4.78 is 17.9. The molecule has 2 rings (SSSR count). The zero-order valence-corrected chi connectivity index (χ0v) is 23.0. The number of carbonyl (C=O) groups is 2. The zero-order valence-electron chi connectivity index (χ0n) is 19.3. The molecule has 1 heterocycles. The molecule has 0 aromatic heterocycles. The van der Waals surface area contributed by atoms with Crippen LogP contribution in [-0.4, -0.2) is 76.4 Å². The van der Waals surface area contributed by atoms with E-state index >= 15 is 0 Å². The summed E-state index contributed by atoms with van der Waals surface area (Å²) in [6, 6.07) is 0. The molecule has 1 saturated heterocycles. The summed E-state index contributed by atoms with van der Waals surface area (Å²) in [5.41, 5.74) is -0.407. The molecule has 0 radical (unpaired) electrons. The summed E-state index contributed by atoms with van der Waals surface area (Å²) in [7, 11) is 1.53. The number of epoxide rings is 1. The van der Waals surface area contributed by atoms with Crippen molar-refractivity contribution in [2.24, 2.45) is 5.92 Å². The third-order valence-electron chi connectivity index (χ3n) is 5.97. The van der Waals surface area contributed by atoms with Gasteiger partial charge in [-0.2, -0.15) is 4.42 Å². The van der Waals surface area contributed by atoms with Crippen molar-refractivity contribution in [1.82, 2.24) is 4.42 Å².